The van der Waals surface area contributed by atoms with Crippen LogP contribution >= 0.6 is 0 Å². The lowest BCUT2D eigenvalue weighted by molar-refractivity contribution is -0.152. The van der Waals surface area contributed by atoms with Crippen LogP contribution in [-0.2, 0) is 19.1 Å². The van der Waals surface area contributed by atoms with Gasteiger partial charge in [0.25, 0.3) is 0 Å². The molecule has 1 aliphatic rings. The van der Waals surface area contributed by atoms with Crippen LogP contribution in [0.3, 0.4) is 0 Å². The van der Waals surface area contributed by atoms with Crippen molar-refractivity contribution in [2.45, 2.75) is 25.7 Å². The summed E-state index contributed by atoms with van der Waals surface area (Å²) in [5.74, 6) is -0.620. The van der Waals surface area contributed by atoms with Gasteiger partial charge in [-0.15, -0.1) is 13.2 Å². The van der Waals surface area contributed by atoms with Crippen molar-refractivity contribution in [1.82, 2.24) is 0 Å². The van der Waals surface area contributed by atoms with Gasteiger partial charge in [-0.3, -0.25) is 14.4 Å². The molecule has 0 aliphatic carbocycles. The van der Waals surface area contributed by atoms with Gasteiger partial charge in [0, 0.05) is 12.8 Å². The van der Waals surface area contributed by atoms with Gasteiger partial charge in [0.15, 0.2) is 0 Å². The molecule has 4 heteroatoms. The molecule has 0 aromatic carbocycles. The minimum absolute atomic E-state index is 0.176. The number of rotatable bonds is 4. The van der Waals surface area contributed by atoms with E-state index in [2.05, 4.69) is 17.9 Å². The quantitative estimate of drug-likeness (QED) is 0.401. The molecule has 15 heavy (non-hydrogen) atoms. The summed E-state index contributed by atoms with van der Waals surface area (Å²) >= 11 is 0. The topological polar surface area (TPSA) is 60.4 Å². The van der Waals surface area contributed by atoms with Crippen LogP contribution in [-0.4, -0.2) is 17.7 Å². The molecule has 0 atom stereocenters. The third-order valence-corrected chi connectivity index (χ3v) is 1.50. The number of esters is 2. The van der Waals surface area contributed by atoms with Crippen molar-refractivity contribution >= 4 is 17.7 Å². The Morgan fingerprint density at radius 3 is 1.73 bits per heavy atom. The van der Waals surface area contributed by atoms with E-state index in [9.17, 15) is 14.4 Å². The standard InChI is InChI=1S/C7H10O.C4H4O3/c1-3-5-7(8)6-4-2;5-3-1-2-4(6)7-3/h3-4H,1-2,5-6H2;1-2H2. The summed E-state index contributed by atoms with van der Waals surface area (Å²) in [6.07, 6.45) is 4.66. The molecule has 0 unspecified atom stereocenters. The Bertz CT molecular complexity index is 252. The van der Waals surface area contributed by atoms with E-state index in [0.717, 1.165) is 0 Å². The Morgan fingerprint density at radius 1 is 1.13 bits per heavy atom. The first kappa shape index (κ1) is 13.3. The second-order valence-corrected chi connectivity index (χ2v) is 2.87. The average molecular weight is 210 g/mol. The molecule has 0 saturated carbocycles. The smallest absolute Gasteiger partial charge is 0.314 e. The van der Waals surface area contributed by atoms with Crippen molar-refractivity contribution in [3.8, 4) is 0 Å². The fourth-order valence-corrected chi connectivity index (χ4v) is 0.838. The van der Waals surface area contributed by atoms with Crippen molar-refractivity contribution in [1.29, 1.82) is 0 Å². The second kappa shape index (κ2) is 7.67. The highest BCUT2D eigenvalue weighted by Crippen LogP contribution is 2.03. The van der Waals surface area contributed by atoms with E-state index in [1.807, 2.05) is 0 Å². The van der Waals surface area contributed by atoms with Crippen LogP contribution in [0.2, 0.25) is 0 Å². The zero-order chi connectivity index (χ0) is 11.7. The predicted octanol–water partition coefficient (Wildman–Crippen LogP) is 1.56. The minimum Gasteiger partial charge on any atom is -0.393 e. The first-order chi connectivity index (χ1) is 7.10. The van der Waals surface area contributed by atoms with Crippen LogP contribution in [0.4, 0.5) is 0 Å². The Morgan fingerprint density at radius 2 is 1.53 bits per heavy atom. The van der Waals surface area contributed by atoms with Crippen molar-refractivity contribution in [2.24, 2.45) is 0 Å². The number of allylic oxidation sites excluding steroid dienone is 2. The third-order valence-electron chi connectivity index (χ3n) is 1.50. The Balaban J connectivity index is 0.000000262. The molecule has 0 spiro atoms. The summed E-state index contributed by atoms with van der Waals surface area (Å²) < 4.78 is 4.08. The number of Topliss-reactive ketones (excluding diaryl/α,β-unsaturated/α-hetero) is 1. The molecule has 1 heterocycles. The minimum atomic E-state index is -0.398. The van der Waals surface area contributed by atoms with Gasteiger partial charge in [-0.25, -0.2) is 0 Å². The van der Waals surface area contributed by atoms with Crippen molar-refractivity contribution in [2.75, 3.05) is 0 Å². The Labute approximate surface area is 88.6 Å². The van der Waals surface area contributed by atoms with Crippen LogP contribution in [0.15, 0.2) is 25.3 Å². The molecule has 82 valence electrons. The fraction of sp³-hybridized carbons (Fsp3) is 0.364. The molecule has 1 aliphatic heterocycles. The fourth-order valence-electron chi connectivity index (χ4n) is 0.838. The Hall–Kier alpha value is -1.71. The molecular weight excluding hydrogens is 196 g/mol. The van der Waals surface area contributed by atoms with Gasteiger partial charge in [0.2, 0.25) is 0 Å². The summed E-state index contributed by atoms with van der Waals surface area (Å²) in [7, 11) is 0. The molecule has 1 fully saturated rings. The molecule has 0 radical (unpaired) electrons. The lowest BCUT2D eigenvalue weighted by atomic mass is 10.2. The maximum absolute atomic E-state index is 10.5. The molecule has 0 aromatic rings. The highest BCUT2D eigenvalue weighted by Gasteiger charge is 2.19. The normalized spacial score (nSPS) is 13.6. The molecule has 4 nitrogen and oxygen atoms in total. The zero-order valence-corrected chi connectivity index (χ0v) is 8.53. The number of ketones is 1. The van der Waals surface area contributed by atoms with Gasteiger partial charge in [0.1, 0.15) is 5.78 Å². The monoisotopic (exact) mass is 210 g/mol. The van der Waals surface area contributed by atoms with Crippen molar-refractivity contribution in [3.05, 3.63) is 25.3 Å². The summed E-state index contributed by atoms with van der Waals surface area (Å²) in [5.41, 5.74) is 0. The first-order valence-electron chi connectivity index (χ1n) is 4.57. The van der Waals surface area contributed by atoms with E-state index in [-0.39, 0.29) is 18.6 Å². The average Bonchev–Trinajstić information content (AvgIpc) is 2.52. The third kappa shape index (κ3) is 7.37. The van der Waals surface area contributed by atoms with Gasteiger partial charge in [-0.1, -0.05) is 12.2 Å². The summed E-state index contributed by atoms with van der Waals surface area (Å²) in [6.45, 7) is 6.86. The van der Waals surface area contributed by atoms with E-state index in [4.69, 9.17) is 0 Å². The van der Waals surface area contributed by atoms with Gasteiger partial charge in [0.05, 0.1) is 12.8 Å². The molecule has 1 saturated heterocycles. The van der Waals surface area contributed by atoms with E-state index in [1.54, 1.807) is 12.2 Å². The number of hydrogen-bond acceptors (Lipinski definition) is 4. The molecule has 0 N–H and O–H groups in total. The number of cyclic esters (lactones) is 2. The molecule has 0 bridgehead atoms. The van der Waals surface area contributed by atoms with Gasteiger partial charge < -0.3 is 4.74 Å². The number of carbonyl (C=O) groups is 3. The van der Waals surface area contributed by atoms with Gasteiger partial charge in [-0.05, 0) is 0 Å². The van der Waals surface area contributed by atoms with Crippen LogP contribution in [0.1, 0.15) is 25.7 Å². The van der Waals surface area contributed by atoms with Crippen molar-refractivity contribution < 1.29 is 19.1 Å². The molecule has 0 aromatic heterocycles. The highest BCUT2D eigenvalue weighted by molar-refractivity contribution is 5.92. The lowest BCUT2D eigenvalue weighted by Crippen LogP contribution is -1.94. The van der Waals surface area contributed by atoms with Gasteiger partial charge >= 0.3 is 11.9 Å². The van der Waals surface area contributed by atoms with E-state index in [1.165, 1.54) is 0 Å². The van der Waals surface area contributed by atoms with E-state index in [0.29, 0.717) is 12.8 Å². The van der Waals surface area contributed by atoms with E-state index >= 15 is 0 Å². The van der Waals surface area contributed by atoms with Crippen molar-refractivity contribution in [3.63, 3.8) is 0 Å². The van der Waals surface area contributed by atoms with Crippen LogP contribution in [0.5, 0.6) is 0 Å². The van der Waals surface area contributed by atoms with Gasteiger partial charge in [-0.2, -0.15) is 0 Å². The second-order valence-electron chi connectivity index (χ2n) is 2.87. The molecule has 0 amide bonds. The summed E-state index contributed by atoms with van der Waals surface area (Å²) in [6, 6.07) is 0. The Kier molecular flexibility index (Phi) is 6.80. The summed E-state index contributed by atoms with van der Waals surface area (Å²) in [5, 5.41) is 0. The molecular formula is C11H14O4. The SMILES string of the molecule is C=CCC(=O)CC=C.O=C1CCC(=O)O1. The highest BCUT2D eigenvalue weighted by atomic mass is 16.6. The first-order valence-corrected chi connectivity index (χ1v) is 4.57. The van der Waals surface area contributed by atoms with Crippen LogP contribution in [0.25, 0.3) is 0 Å². The lowest BCUT2D eigenvalue weighted by Gasteiger charge is -1.85. The zero-order valence-electron chi connectivity index (χ0n) is 8.53. The van der Waals surface area contributed by atoms with Crippen LogP contribution in [0, 0.1) is 0 Å². The maximum atomic E-state index is 10.5. The summed E-state index contributed by atoms with van der Waals surface area (Å²) in [4.78, 5) is 30.5. The number of hydrogen-bond donors (Lipinski definition) is 0. The number of carbonyl (C=O) groups excluding carboxylic acids is 3. The maximum Gasteiger partial charge on any atom is 0.314 e. The van der Waals surface area contributed by atoms with E-state index < -0.39 is 11.9 Å². The predicted molar refractivity (Wildman–Crippen MR) is 55.0 cm³/mol. The van der Waals surface area contributed by atoms with Crippen LogP contribution < -0.4 is 0 Å². The molecule has 1 rings (SSSR count). The largest absolute Gasteiger partial charge is 0.393 e. The number of ether oxygens (including phenoxy) is 1.